The van der Waals surface area contributed by atoms with Crippen molar-refractivity contribution < 1.29 is 29.1 Å². The Morgan fingerprint density at radius 1 is 1.06 bits per heavy atom. The smallest absolute Gasteiger partial charge is 0.309 e. The summed E-state index contributed by atoms with van der Waals surface area (Å²) in [7, 11) is 0. The Bertz CT molecular complexity index is 1270. The molecule has 3 aromatic rings. The van der Waals surface area contributed by atoms with E-state index < -0.39 is 0 Å². The molecule has 2 fully saturated rings. The molecular weight excluding hydrogens is 448 g/mol. The van der Waals surface area contributed by atoms with Crippen molar-refractivity contribution in [3.05, 3.63) is 47.5 Å². The normalized spacial score (nSPS) is 15.3. The standard InChI is InChI=1S/C27H28N2O6/c1-14(2)19-11-20(22(31)12-21(19)30)24-23(26(35-29-24)28-25(32)17-7-8-17)16-5-3-15(4-6-16)13-34-27(33)18-9-10-18/h3-6,11-12,14,17-18,30-31H,7-10,13H2,1-2H3,(H,28,32). The third-order valence-corrected chi connectivity index (χ3v) is 6.43. The van der Waals surface area contributed by atoms with Crippen LogP contribution in [0.1, 0.15) is 56.6 Å². The number of aromatic nitrogens is 1. The molecule has 0 aliphatic heterocycles. The first-order valence-electron chi connectivity index (χ1n) is 11.9. The highest BCUT2D eigenvalue weighted by atomic mass is 16.5. The summed E-state index contributed by atoms with van der Waals surface area (Å²) in [6.07, 6.45) is 3.47. The van der Waals surface area contributed by atoms with E-state index in [2.05, 4.69) is 10.5 Å². The van der Waals surface area contributed by atoms with Crippen molar-refractivity contribution in [2.75, 3.05) is 5.32 Å². The number of carbonyl (C=O) groups is 2. The average Bonchev–Trinajstić information content (AvgIpc) is 3.74. The number of carbonyl (C=O) groups excluding carboxylic acids is 2. The van der Waals surface area contributed by atoms with Gasteiger partial charge in [0.05, 0.1) is 11.5 Å². The van der Waals surface area contributed by atoms with Gasteiger partial charge in [-0.2, -0.15) is 0 Å². The lowest BCUT2D eigenvalue weighted by Gasteiger charge is -2.13. The first kappa shape index (κ1) is 23.0. The lowest BCUT2D eigenvalue weighted by atomic mass is 9.94. The first-order valence-corrected chi connectivity index (χ1v) is 11.9. The van der Waals surface area contributed by atoms with Gasteiger partial charge < -0.3 is 19.5 Å². The van der Waals surface area contributed by atoms with Crippen LogP contribution in [0.25, 0.3) is 22.4 Å². The van der Waals surface area contributed by atoms with Crippen LogP contribution in [0.15, 0.2) is 40.9 Å². The van der Waals surface area contributed by atoms with E-state index in [9.17, 15) is 19.8 Å². The molecule has 35 heavy (non-hydrogen) atoms. The number of rotatable bonds is 8. The summed E-state index contributed by atoms with van der Waals surface area (Å²) in [6.45, 7) is 4.07. The fraction of sp³-hybridized carbons (Fsp3) is 0.370. The van der Waals surface area contributed by atoms with Crippen molar-refractivity contribution in [1.29, 1.82) is 0 Å². The van der Waals surface area contributed by atoms with Gasteiger partial charge in [0.2, 0.25) is 11.8 Å². The number of phenols is 2. The molecule has 0 unspecified atom stereocenters. The molecule has 0 bridgehead atoms. The zero-order valence-corrected chi connectivity index (χ0v) is 19.7. The summed E-state index contributed by atoms with van der Waals surface area (Å²) in [4.78, 5) is 24.3. The predicted molar refractivity (Wildman–Crippen MR) is 129 cm³/mol. The molecule has 0 atom stereocenters. The van der Waals surface area contributed by atoms with Crippen molar-refractivity contribution >= 4 is 17.8 Å². The van der Waals surface area contributed by atoms with Crippen molar-refractivity contribution in [2.24, 2.45) is 11.8 Å². The number of ether oxygens (including phenoxy) is 1. The van der Waals surface area contributed by atoms with Crippen LogP contribution in [0.2, 0.25) is 0 Å². The minimum Gasteiger partial charge on any atom is -0.508 e. The van der Waals surface area contributed by atoms with Gasteiger partial charge >= 0.3 is 5.97 Å². The highest BCUT2D eigenvalue weighted by Crippen LogP contribution is 2.44. The van der Waals surface area contributed by atoms with Crippen molar-refractivity contribution in [3.63, 3.8) is 0 Å². The van der Waals surface area contributed by atoms with E-state index >= 15 is 0 Å². The first-order chi connectivity index (χ1) is 16.8. The molecule has 8 nitrogen and oxygen atoms in total. The predicted octanol–water partition coefficient (Wildman–Crippen LogP) is 5.34. The lowest BCUT2D eigenvalue weighted by Crippen LogP contribution is -2.13. The van der Waals surface area contributed by atoms with Crippen LogP contribution < -0.4 is 5.32 Å². The van der Waals surface area contributed by atoms with Gasteiger partial charge in [-0.1, -0.05) is 43.3 Å². The number of hydrogen-bond donors (Lipinski definition) is 3. The SMILES string of the molecule is CC(C)c1cc(-c2noc(NC(=O)C3CC3)c2-c2ccc(COC(=O)C3CC3)cc2)c(O)cc1O. The number of amides is 1. The fourth-order valence-corrected chi connectivity index (χ4v) is 3.99. The maximum atomic E-state index is 12.5. The van der Waals surface area contributed by atoms with Gasteiger partial charge in [0.25, 0.3) is 0 Å². The van der Waals surface area contributed by atoms with Gasteiger partial charge in [0.1, 0.15) is 23.8 Å². The number of esters is 1. The number of anilines is 1. The van der Waals surface area contributed by atoms with Crippen LogP contribution in [0.5, 0.6) is 11.5 Å². The van der Waals surface area contributed by atoms with E-state index in [1.165, 1.54) is 6.07 Å². The Labute approximate surface area is 202 Å². The topological polar surface area (TPSA) is 122 Å². The number of phenolic OH excluding ortho intramolecular Hbond substituents is 2. The van der Waals surface area contributed by atoms with E-state index in [0.717, 1.165) is 31.2 Å². The summed E-state index contributed by atoms with van der Waals surface area (Å²) in [5.41, 5.74) is 3.46. The van der Waals surface area contributed by atoms with Crippen LogP contribution in [0.4, 0.5) is 5.88 Å². The van der Waals surface area contributed by atoms with Crippen LogP contribution in [-0.2, 0) is 20.9 Å². The molecule has 2 aliphatic rings. The molecule has 0 saturated heterocycles. The van der Waals surface area contributed by atoms with E-state index in [0.29, 0.717) is 27.9 Å². The minimum atomic E-state index is -0.163. The number of nitrogens with one attached hydrogen (secondary N) is 1. The van der Waals surface area contributed by atoms with Gasteiger partial charge in [-0.3, -0.25) is 14.9 Å². The summed E-state index contributed by atoms with van der Waals surface area (Å²) in [5.74, 6) is -0.224. The molecule has 1 heterocycles. The molecule has 1 amide bonds. The molecular formula is C27H28N2O6. The lowest BCUT2D eigenvalue weighted by molar-refractivity contribution is -0.146. The van der Waals surface area contributed by atoms with Crippen molar-refractivity contribution in [1.82, 2.24) is 5.16 Å². The van der Waals surface area contributed by atoms with E-state index in [-0.39, 0.29) is 53.6 Å². The monoisotopic (exact) mass is 476 g/mol. The Balaban J connectivity index is 1.51. The maximum Gasteiger partial charge on any atom is 0.309 e. The van der Waals surface area contributed by atoms with Gasteiger partial charge in [-0.25, -0.2) is 0 Å². The molecule has 2 aromatic carbocycles. The Kier molecular flexibility index (Phi) is 5.96. The largest absolute Gasteiger partial charge is 0.508 e. The van der Waals surface area contributed by atoms with Gasteiger partial charge in [-0.05, 0) is 54.4 Å². The zero-order chi connectivity index (χ0) is 24.7. The molecule has 2 saturated carbocycles. The van der Waals surface area contributed by atoms with E-state index in [1.54, 1.807) is 6.07 Å². The molecule has 2 aliphatic carbocycles. The van der Waals surface area contributed by atoms with Crippen LogP contribution in [-0.4, -0.2) is 27.2 Å². The number of hydrogen-bond acceptors (Lipinski definition) is 7. The van der Waals surface area contributed by atoms with E-state index in [4.69, 9.17) is 9.26 Å². The Morgan fingerprint density at radius 2 is 1.74 bits per heavy atom. The van der Waals surface area contributed by atoms with E-state index in [1.807, 2.05) is 38.1 Å². The quantitative estimate of drug-likeness (QED) is 0.375. The molecule has 0 radical (unpaired) electrons. The van der Waals surface area contributed by atoms with Crippen LogP contribution in [0.3, 0.4) is 0 Å². The van der Waals surface area contributed by atoms with Crippen molar-refractivity contribution in [2.45, 2.75) is 52.1 Å². The second-order valence-electron chi connectivity index (χ2n) is 9.66. The average molecular weight is 477 g/mol. The molecule has 0 spiro atoms. The third kappa shape index (κ3) is 4.87. The minimum absolute atomic E-state index is 0.00125. The molecule has 3 N–H and O–H groups in total. The second-order valence-corrected chi connectivity index (χ2v) is 9.66. The second kappa shape index (κ2) is 9.09. The summed E-state index contributed by atoms with van der Waals surface area (Å²) < 4.78 is 10.9. The fourth-order valence-electron chi connectivity index (χ4n) is 3.99. The van der Waals surface area contributed by atoms with Gasteiger partial charge in [0, 0.05) is 17.5 Å². The van der Waals surface area contributed by atoms with Crippen molar-refractivity contribution in [3.8, 4) is 33.9 Å². The van der Waals surface area contributed by atoms with Crippen LogP contribution in [0, 0.1) is 11.8 Å². The highest BCUT2D eigenvalue weighted by Gasteiger charge is 2.33. The Morgan fingerprint density at radius 3 is 2.37 bits per heavy atom. The molecule has 1 aromatic heterocycles. The highest BCUT2D eigenvalue weighted by molar-refractivity contribution is 5.99. The van der Waals surface area contributed by atoms with Crippen LogP contribution >= 0.6 is 0 Å². The number of benzene rings is 2. The Hall–Kier alpha value is -3.81. The molecule has 5 rings (SSSR count). The summed E-state index contributed by atoms with van der Waals surface area (Å²) >= 11 is 0. The van der Waals surface area contributed by atoms with Gasteiger partial charge in [-0.15, -0.1) is 0 Å². The molecule has 8 heteroatoms. The maximum absolute atomic E-state index is 12.5. The third-order valence-electron chi connectivity index (χ3n) is 6.43. The molecule has 182 valence electrons. The van der Waals surface area contributed by atoms with Gasteiger partial charge in [0.15, 0.2) is 0 Å². The summed E-state index contributed by atoms with van der Waals surface area (Å²) in [5, 5.41) is 28.0. The summed E-state index contributed by atoms with van der Waals surface area (Å²) in [6, 6.07) is 10.3. The number of nitrogens with zero attached hydrogens (tertiary/aromatic N) is 1. The zero-order valence-electron chi connectivity index (χ0n) is 19.7. The number of aromatic hydroxyl groups is 2.